The third-order valence-electron chi connectivity index (χ3n) is 5.29. The molecule has 0 bridgehead atoms. The van der Waals surface area contributed by atoms with Crippen molar-refractivity contribution in [1.29, 1.82) is 0 Å². The normalized spacial score (nSPS) is 17.0. The molecule has 0 aliphatic carbocycles. The highest BCUT2D eigenvalue weighted by atomic mass is 16.2. The van der Waals surface area contributed by atoms with Gasteiger partial charge in [-0.3, -0.25) is 14.5 Å². The molecule has 1 N–H and O–H groups in total. The second kappa shape index (κ2) is 9.60. The van der Waals surface area contributed by atoms with Crippen LogP contribution in [0.4, 0.5) is 0 Å². The van der Waals surface area contributed by atoms with E-state index in [1.807, 2.05) is 37.3 Å². The molecule has 1 aromatic heterocycles. The molecule has 0 spiro atoms. The summed E-state index contributed by atoms with van der Waals surface area (Å²) >= 11 is 0. The van der Waals surface area contributed by atoms with Crippen LogP contribution in [0.1, 0.15) is 52.7 Å². The quantitative estimate of drug-likeness (QED) is 0.812. The number of amides is 2. The second-order valence-corrected chi connectivity index (χ2v) is 7.67. The fourth-order valence-corrected chi connectivity index (χ4v) is 3.53. The lowest BCUT2D eigenvalue weighted by Crippen LogP contribution is -2.41. The van der Waals surface area contributed by atoms with Crippen molar-refractivity contribution >= 4 is 11.8 Å². The number of piperidine rings is 1. The molecule has 7 nitrogen and oxygen atoms in total. The van der Waals surface area contributed by atoms with E-state index in [-0.39, 0.29) is 17.9 Å². The number of likely N-dealkylation sites (N-methyl/N-ethyl adjacent to an activating group) is 1. The van der Waals surface area contributed by atoms with Gasteiger partial charge in [0.2, 0.25) is 5.91 Å². The number of aromatic nitrogens is 2. The molecule has 2 amide bonds. The number of nitrogens with zero attached hydrogens (tertiary/aromatic N) is 4. The lowest BCUT2D eigenvalue weighted by Gasteiger charge is -2.34. The number of carbonyl (C=O) groups excluding carboxylic acids is 2. The molecule has 1 aliphatic rings. The molecule has 154 valence electrons. The van der Waals surface area contributed by atoms with Crippen LogP contribution in [0.25, 0.3) is 0 Å². The van der Waals surface area contributed by atoms with Crippen molar-refractivity contribution < 1.29 is 9.59 Å². The maximum absolute atomic E-state index is 12.6. The molecule has 1 atom stereocenters. The first kappa shape index (κ1) is 20.9. The average molecular weight is 396 g/mol. The third-order valence-corrected chi connectivity index (χ3v) is 5.29. The van der Waals surface area contributed by atoms with Crippen molar-refractivity contribution in [1.82, 2.24) is 25.1 Å². The summed E-state index contributed by atoms with van der Waals surface area (Å²) in [6.07, 6.45) is 4.67. The minimum atomic E-state index is -0.179. The summed E-state index contributed by atoms with van der Waals surface area (Å²) in [5, 5.41) is 2.92. The summed E-state index contributed by atoms with van der Waals surface area (Å²) in [4.78, 5) is 37.6. The van der Waals surface area contributed by atoms with Gasteiger partial charge in [0.25, 0.3) is 5.91 Å². The third kappa shape index (κ3) is 5.38. The lowest BCUT2D eigenvalue weighted by molar-refractivity contribution is -0.130. The number of carbonyl (C=O) groups is 2. The van der Waals surface area contributed by atoms with Crippen LogP contribution in [-0.4, -0.2) is 58.8 Å². The number of nitrogens with one attached hydrogen (secondary N) is 1. The Morgan fingerprint density at radius 2 is 1.97 bits per heavy atom. The predicted octanol–water partition coefficient (Wildman–Crippen LogP) is 2.33. The molecule has 0 saturated carbocycles. The largest absolute Gasteiger partial charge is 0.348 e. The summed E-state index contributed by atoms with van der Waals surface area (Å²) in [5.74, 6) is 0.583. The van der Waals surface area contributed by atoms with Crippen molar-refractivity contribution in [2.75, 3.05) is 27.2 Å². The van der Waals surface area contributed by atoms with Gasteiger partial charge in [-0.1, -0.05) is 36.8 Å². The van der Waals surface area contributed by atoms with Gasteiger partial charge in [-0.05, 0) is 31.9 Å². The van der Waals surface area contributed by atoms with Gasteiger partial charge in [-0.2, -0.15) is 0 Å². The number of hydrogen-bond donors (Lipinski definition) is 1. The summed E-state index contributed by atoms with van der Waals surface area (Å²) in [7, 11) is 3.54. The molecule has 1 saturated heterocycles. The van der Waals surface area contributed by atoms with Crippen molar-refractivity contribution in [2.45, 2.75) is 38.8 Å². The maximum atomic E-state index is 12.6. The van der Waals surface area contributed by atoms with Gasteiger partial charge in [-0.25, -0.2) is 9.97 Å². The van der Waals surface area contributed by atoms with E-state index in [1.165, 1.54) is 0 Å². The Hall–Kier alpha value is -2.80. The van der Waals surface area contributed by atoms with E-state index in [0.29, 0.717) is 30.2 Å². The summed E-state index contributed by atoms with van der Waals surface area (Å²) in [6, 6.07) is 9.79. The van der Waals surface area contributed by atoms with Crippen LogP contribution in [-0.2, 0) is 11.3 Å². The first-order valence-corrected chi connectivity index (χ1v) is 10.1. The first-order chi connectivity index (χ1) is 14.0. The zero-order valence-electron chi connectivity index (χ0n) is 17.4. The van der Waals surface area contributed by atoms with Crippen molar-refractivity contribution in [3.05, 3.63) is 59.2 Å². The smallest absolute Gasteiger partial charge is 0.254 e. The number of benzene rings is 1. The van der Waals surface area contributed by atoms with Gasteiger partial charge in [0.1, 0.15) is 5.82 Å². The van der Waals surface area contributed by atoms with E-state index in [4.69, 9.17) is 0 Å². The van der Waals surface area contributed by atoms with Crippen LogP contribution < -0.4 is 5.32 Å². The van der Waals surface area contributed by atoms with Gasteiger partial charge in [0.05, 0.1) is 23.8 Å². The van der Waals surface area contributed by atoms with Crippen LogP contribution in [0.3, 0.4) is 0 Å². The minimum absolute atomic E-state index is 0.00720. The highest BCUT2D eigenvalue weighted by Gasteiger charge is 2.28. The van der Waals surface area contributed by atoms with Crippen LogP contribution >= 0.6 is 0 Å². The Balaban J connectivity index is 1.70. The molecular formula is C22H29N5O2. The molecular weight excluding hydrogens is 366 g/mol. The van der Waals surface area contributed by atoms with E-state index in [9.17, 15) is 9.59 Å². The molecule has 3 rings (SSSR count). The zero-order chi connectivity index (χ0) is 20.8. The molecule has 1 fully saturated rings. The van der Waals surface area contributed by atoms with E-state index in [2.05, 4.69) is 20.2 Å². The molecule has 7 heteroatoms. The summed E-state index contributed by atoms with van der Waals surface area (Å²) in [5.41, 5.74) is 2.18. The SMILES string of the molecule is Cc1nc([C@H]2CCCCN2CC(=O)N(C)C)ncc1C(=O)NCc1ccccc1. The fourth-order valence-electron chi connectivity index (χ4n) is 3.53. The summed E-state index contributed by atoms with van der Waals surface area (Å²) in [6.45, 7) is 3.51. The zero-order valence-corrected chi connectivity index (χ0v) is 17.4. The van der Waals surface area contributed by atoms with E-state index < -0.39 is 0 Å². The molecule has 2 aromatic rings. The minimum Gasteiger partial charge on any atom is -0.348 e. The molecule has 0 radical (unpaired) electrons. The van der Waals surface area contributed by atoms with E-state index in [1.54, 1.807) is 25.2 Å². The van der Waals surface area contributed by atoms with Crippen LogP contribution in [0.5, 0.6) is 0 Å². The Morgan fingerprint density at radius 1 is 1.21 bits per heavy atom. The Bertz CT molecular complexity index is 854. The standard InChI is InChI=1S/C22H29N5O2/c1-16-18(22(29)24-13-17-9-5-4-6-10-17)14-23-21(25-16)19-11-7-8-12-27(19)15-20(28)26(2)3/h4-6,9-10,14,19H,7-8,11-13,15H2,1-3H3,(H,24,29)/t19-/m1/s1. The predicted molar refractivity (Wildman–Crippen MR) is 111 cm³/mol. The number of hydrogen-bond acceptors (Lipinski definition) is 5. The van der Waals surface area contributed by atoms with Gasteiger partial charge in [0.15, 0.2) is 0 Å². The van der Waals surface area contributed by atoms with Crippen molar-refractivity contribution in [3.63, 3.8) is 0 Å². The number of aryl methyl sites for hydroxylation is 1. The monoisotopic (exact) mass is 395 g/mol. The second-order valence-electron chi connectivity index (χ2n) is 7.67. The molecule has 1 aromatic carbocycles. The topological polar surface area (TPSA) is 78.4 Å². The number of rotatable bonds is 6. The number of likely N-dealkylation sites (tertiary alicyclic amines) is 1. The molecule has 2 heterocycles. The summed E-state index contributed by atoms with van der Waals surface area (Å²) < 4.78 is 0. The van der Waals surface area contributed by atoms with Gasteiger partial charge in [-0.15, -0.1) is 0 Å². The highest BCUT2D eigenvalue weighted by molar-refractivity contribution is 5.94. The van der Waals surface area contributed by atoms with Crippen LogP contribution in [0, 0.1) is 6.92 Å². The molecule has 1 aliphatic heterocycles. The molecule has 29 heavy (non-hydrogen) atoms. The van der Waals surface area contributed by atoms with E-state index in [0.717, 1.165) is 31.4 Å². The molecule has 0 unspecified atom stereocenters. The Kier molecular flexibility index (Phi) is 6.93. The Morgan fingerprint density at radius 3 is 2.66 bits per heavy atom. The van der Waals surface area contributed by atoms with Crippen LogP contribution in [0.15, 0.2) is 36.5 Å². The van der Waals surface area contributed by atoms with Gasteiger partial charge in [0, 0.05) is 26.8 Å². The van der Waals surface area contributed by atoms with Gasteiger partial charge < -0.3 is 10.2 Å². The first-order valence-electron chi connectivity index (χ1n) is 10.1. The lowest BCUT2D eigenvalue weighted by atomic mass is 10.0. The van der Waals surface area contributed by atoms with Crippen molar-refractivity contribution in [2.24, 2.45) is 0 Å². The fraction of sp³-hybridized carbons (Fsp3) is 0.455. The van der Waals surface area contributed by atoms with Gasteiger partial charge >= 0.3 is 0 Å². The maximum Gasteiger partial charge on any atom is 0.254 e. The van der Waals surface area contributed by atoms with Crippen LogP contribution in [0.2, 0.25) is 0 Å². The highest BCUT2D eigenvalue weighted by Crippen LogP contribution is 2.29. The van der Waals surface area contributed by atoms with Crippen molar-refractivity contribution in [3.8, 4) is 0 Å². The Labute approximate surface area is 172 Å². The van der Waals surface area contributed by atoms with E-state index >= 15 is 0 Å². The average Bonchev–Trinajstić information content (AvgIpc) is 2.73.